The van der Waals surface area contributed by atoms with Gasteiger partial charge >= 0.3 is 0 Å². The first kappa shape index (κ1) is 26.7. The second-order valence-electron chi connectivity index (χ2n) is 8.28. The van der Waals surface area contributed by atoms with Gasteiger partial charge in [-0.15, -0.1) is 10.2 Å². The fraction of sp³-hybridized carbons (Fsp3) is 0.192. The van der Waals surface area contributed by atoms with Crippen molar-refractivity contribution in [2.45, 2.75) is 35.1 Å². The molecule has 0 saturated heterocycles. The van der Waals surface area contributed by atoms with Crippen molar-refractivity contribution < 1.29 is 9.72 Å². The summed E-state index contributed by atoms with van der Waals surface area (Å²) in [6.45, 7) is 2.03. The van der Waals surface area contributed by atoms with Gasteiger partial charge in [0, 0.05) is 23.6 Å². The van der Waals surface area contributed by atoms with Crippen molar-refractivity contribution in [1.29, 1.82) is 0 Å². The molecule has 1 heterocycles. The Morgan fingerprint density at radius 3 is 2.38 bits per heavy atom. The fourth-order valence-electron chi connectivity index (χ4n) is 3.81. The first-order valence-corrected chi connectivity index (χ1v) is 13.2. The molecule has 8 nitrogen and oxygen atoms in total. The highest BCUT2D eigenvalue weighted by molar-refractivity contribution is 7.98. The van der Waals surface area contributed by atoms with Crippen LogP contribution in [0.25, 0.3) is 5.69 Å². The molecule has 11 heteroatoms. The number of nitrogens with one attached hydrogen (secondary N) is 1. The van der Waals surface area contributed by atoms with Gasteiger partial charge in [-0.1, -0.05) is 95.1 Å². The van der Waals surface area contributed by atoms with Crippen LogP contribution in [-0.2, 0) is 17.0 Å². The zero-order valence-electron chi connectivity index (χ0n) is 19.8. The molecule has 1 aromatic heterocycles. The van der Waals surface area contributed by atoms with E-state index in [4.69, 9.17) is 23.2 Å². The molecule has 1 N–H and O–H groups in total. The topological polar surface area (TPSA) is 103 Å². The number of aryl methyl sites for hydroxylation is 1. The lowest BCUT2D eigenvalue weighted by Crippen LogP contribution is -2.35. The van der Waals surface area contributed by atoms with Crippen LogP contribution in [0.2, 0.25) is 0 Å². The third-order valence-electron chi connectivity index (χ3n) is 5.54. The first-order valence-electron chi connectivity index (χ1n) is 11.3. The number of hydrogen-bond donors (Lipinski definition) is 1. The highest BCUT2D eigenvalue weighted by Crippen LogP contribution is 2.30. The number of carbonyl (C=O) groups is 1. The molecule has 1 unspecified atom stereocenters. The Balaban J connectivity index is 1.76. The summed E-state index contributed by atoms with van der Waals surface area (Å²) in [6, 6.07) is 23.3. The number of hydrogen-bond acceptors (Lipinski definition) is 6. The highest BCUT2D eigenvalue weighted by atomic mass is 35.5. The lowest BCUT2D eigenvalue weighted by atomic mass is 10.0. The molecule has 0 radical (unpaired) electrons. The minimum atomic E-state index is -1.26. The number of amides is 1. The molecule has 4 rings (SSSR count). The molecule has 190 valence electrons. The van der Waals surface area contributed by atoms with Crippen LogP contribution in [0, 0.1) is 17.0 Å². The van der Waals surface area contributed by atoms with E-state index in [2.05, 4.69) is 21.6 Å². The summed E-state index contributed by atoms with van der Waals surface area (Å²) in [5.41, 5.74) is 3.82. The number of nitro benzene ring substituents is 1. The molecule has 1 amide bonds. The van der Waals surface area contributed by atoms with Crippen molar-refractivity contribution in [1.82, 2.24) is 20.1 Å². The van der Waals surface area contributed by atoms with E-state index in [9.17, 15) is 14.9 Å². The van der Waals surface area contributed by atoms with Crippen LogP contribution >= 0.6 is 35.0 Å². The molecule has 1 atom stereocenters. The Kier molecular flexibility index (Phi) is 8.81. The number of non-ortho nitro benzene ring substituents is 1. The summed E-state index contributed by atoms with van der Waals surface area (Å²) >= 11 is 13.2. The largest absolute Gasteiger partial charge is 0.343 e. The Hall–Kier alpha value is -3.40. The molecule has 0 fully saturated rings. The smallest absolute Gasteiger partial charge is 0.269 e. The number of benzene rings is 3. The Morgan fingerprint density at radius 1 is 1.03 bits per heavy atom. The van der Waals surface area contributed by atoms with Gasteiger partial charge in [0.1, 0.15) is 0 Å². The molecule has 0 saturated carbocycles. The van der Waals surface area contributed by atoms with Crippen molar-refractivity contribution in [2.75, 3.05) is 0 Å². The highest BCUT2D eigenvalue weighted by Gasteiger charge is 2.27. The Morgan fingerprint density at radius 2 is 1.73 bits per heavy atom. The lowest BCUT2D eigenvalue weighted by molar-refractivity contribution is -0.384. The summed E-state index contributed by atoms with van der Waals surface area (Å²) in [5, 5.41) is 23.5. The Labute approximate surface area is 228 Å². The molecular formula is C26H23Cl2N5O3S. The van der Waals surface area contributed by atoms with Crippen LogP contribution in [0.15, 0.2) is 84.0 Å². The zero-order chi connectivity index (χ0) is 26.4. The summed E-state index contributed by atoms with van der Waals surface area (Å²) in [5.74, 6) is 0.525. The van der Waals surface area contributed by atoms with Crippen LogP contribution < -0.4 is 5.32 Å². The SMILES string of the molecule is Cc1cccc(CSc2nnc(C(Cc3ccccc3)NC(=O)C(Cl)Cl)n2-c2ccc([N+](=O)[O-])cc2)c1. The van der Waals surface area contributed by atoms with Gasteiger partial charge in [0.25, 0.3) is 11.6 Å². The minimum absolute atomic E-state index is 0.0337. The average molecular weight is 556 g/mol. The molecule has 0 aliphatic carbocycles. The maximum absolute atomic E-state index is 12.5. The summed E-state index contributed by atoms with van der Waals surface area (Å²) < 4.78 is 1.80. The number of halogens is 2. The van der Waals surface area contributed by atoms with Gasteiger partial charge in [0.2, 0.25) is 0 Å². The number of aromatic nitrogens is 3. The van der Waals surface area contributed by atoms with Gasteiger partial charge in [-0.25, -0.2) is 0 Å². The Bertz CT molecular complexity index is 1380. The van der Waals surface area contributed by atoms with Crippen molar-refractivity contribution in [3.05, 3.63) is 111 Å². The van der Waals surface area contributed by atoms with Gasteiger partial charge in [-0.2, -0.15) is 0 Å². The van der Waals surface area contributed by atoms with Gasteiger partial charge in [0.05, 0.1) is 11.0 Å². The molecule has 0 spiro atoms. The van der Waals surface area contributed by atoms with E-state index in [0.717, 1.165) is 16.7 Å². The quantitative estimate of drug-likeness (QED) is 0.112. The predicted octanol–water partition coefficient (Wildman–Crippen LogP) is 5.98. The predicted molar refractivity (Wildman–Crippen MR) is 145 cm³/mol. The van der Waals surface area contributed by atoms with Gasteiger partial charge < -0.3 is 5.32 Å². The van der Waals surface area contributed by atoms with Crippen LogP contribution in [0.5, 0.6) is 0 Å². The van der Waals surface area contributed by atoms with E-state index in [1.54, 1.807) is 16.7 Å². The normalized spacial score (nSPS) is 11.9. The molecule has 0 aliphatic rings. The van der Waals surface area contributed by atoms with Gasteiger partial charge in [-0.3, -0.25) is 19.5 Å². The third kappa shape index (κ3) is 6.88. The maximum Gasteiger partial charge on any atom is 0.269 e. The third-order valence-corrected chi connectivity index (χ3v) is 6.93. The zero-order valence-corrected chi connectivity index (χ0v) is 22.1. The van der Waals surface area contributed by atoms with Crippen LogP contribution in [0.1, 0.15) is 28.6 Å². The monoisotopic (exact) mass is 555 g/mol. The van der Waals surface area contributed by atoms with E-state index in [1.807, 2.05) is 55.5 Å². The van der Waals surface area contributed by atoms with E-state index < -0.39 is 21.7 Å². The van der Waals surface area contributed by atoms with Crippen molar-refractivity contribution in [2.24, 2.45) is 0 Å². The minimum Gasteiger partial charge on any atom is -0.343 e. The fourth-order valence-corrected chi connectivity index (χ4v) is 4.84. The number of nitro groups is 1. The van der Waals surface area contributed by atoms with Gasteiger partial charge in [-0.05, 0) is 36.6 Å². The second-order valence-corrected chi connectivity index (χ2v) is 10.3. The van der Waals surface area contributed by atoms with E-state index in [1.165, 1.54) is 23.9 Å². The van der Waals surface area contributed by atoms with Crippen LogP contribution in [-0.4, -0.2) is 30.4 Å². The summed E-state index contributed by atoms with van der Waals surface area (Å²) in [7, 11) is 0. The molecular weight excluding hydrogens is 533 g/mol. The van der Waals surface area contributed by atoms with Crippen LogP contribution in [0.3, 0.4) is 0 Å². The average Bonchev–Trinajstić information content (AvgIpc) is 3.31. The summed E-state index contributed by atoms with van der Waals surface area (Å²) in [6.07, 6.45) is 0.404. The van der Waals surface area contributed by atoms with Crippen LogP contribution in [0.4, 0.5) is 5.69 Å². The standard InChI is InChI=1S/C26H23Cl2N5O3S/c1-17-6-5-9-19(14-17)16-37-26-31-30-24(32(26)20-10-12-21(13-11-20)33(35)36)22(29-25(34)23(27)28)15-18-7-3-2-4-8-18/h2-14,22-23H,15-16H2,1H3,(H,29,34). The lowest BCUT2D eigenvalue weighted by Gasteiger charge is -2.20. The number of carbonyl (C=O) groups excluding carboxylic acids is 1. The summed E-state index contributed by atoms with van der Waals surface area (Å²) in [4.78, 5) is 22.0. The van der Waals surface area contributed by atoms with E-state index in [-0.39, 0.29) is 5.69 Å². The van der Waals surface area contributed by atoms with Crippen molar-refractivity contribution >= 4 is 46.6 Å². The molecule has 3 aromatic carbocycles. The van der Waals surface area contributed by atoms with E-state index >= 15 is 0 Å². The second kappa shape index (κ2) is 12.2. The van der Waals surface area contributed by atoms with E-state index in [0.29, 0.717) is 28.8 Å². The molecule has 0 bridgehead atoms. The maximum atomic E-state index is 12.5. The number of alkyl halides is 2. The van der Waals surface area contributed by atoms with Crippen molar-refractivity contribution in [3.63, 3.8) is 0 Å². The van der Waals surface area contributed by atoms with Crippen molar-refractivity contribution in [3.8, 4) is 5.69 Å². The molecule has 4 aromatic rings. The first-order chi connectivity index (χ1) is 17.8. The number of rotatable bonds is 10. The molecule has 0 aliphatic heterocycles. The number of thioether (sulfide) groups is 1. The molecule has 37 heavy (non-hydrogen) atoms. The van der Waals surface area contributed by atoms with Gasteiger partial charge in [0.15, 0.2) is 15.8 Å². The number of nitrogens with zero attached hydrogens (tertiary/aromatic N) is 4.